The average Bonchev–Trinajstić information content (AvgIpc) is 2.41. The van der Waals surface area contributed by atoms with Gasteiger partial charge in [-0.15, -0.1) is 11.8 Å². The molecule has 0 radical (unpaired) electrons. The molecule has 0 aliphatic heterocycles. The summed E-state index contributed by atoms with van der Waals surface area (Å²) in [6.45, 7) is 1.70. The lowest BCUT2D eigenvalue weighted by atomic mass is 9.99. The van der Waals surface area contributed by atoms with E-state index in [4.69, 9.17) is 0 Å². The first-order chi connectivity index (χ1) is 8.99. The summed E-state index contributed by atoms with van der Waals surface area (Å²) in [5.74, 6) is -1.37. The fourth-order valence-electron chi connectivity index (χ4n) is 1.67. The topological polar surface area (TPSA) is 20.2 Å². The van der Waals surface area contributed by atoms with E-state index in [2.05, 4.69) is 0 Å². The second kappa shape index (κ2) is 5.72. The highest BCUT2D eigenvalue weighted by Gasteiger charge is 2.23. The molecular formula is C15H14F2OS. The minimum atomic E-state index is -1.02. The van der Waals surface area contributed by atoms with Crippen molar-refractivity contribution in [2.45, 2.75) is 17.4 Å². The maximum Gasteiger partial charge on any atom is 0.159 e. The molecule has 1 atom stereocenters. The SMILES string of the molecule is CC(O)(CSc1ccc(F)c(F)c1)c1ccccc1. The Morgan fingerprint density at radius 3 is 2.37 bits per heavy atom. The molecule has 100 valence electrons. The minimum Gasteiger partial charge on any atom is -0.385 e. The zero-order valence-electron chi connectivity index (χ0n) is 10.4. The zero-order valence-corrected chi connectivity index (χ0v) is 11.3. The molecule has 2 aromatic rings. The third kappa shape index (κ3) is 3.55. The van der Waals surface area contributed by atoms with Gasteiger partial charge in [0.15, 0.2) is 11.6 Å². The number of benzene rings is 2. The van der Waals surface area contributed by atoms with Crippen molar-refractivity contribution < 1.29 is 13.9 Å². The van der Waals surface area contributed by atoms with E-state index in [-0.39, 0.29) is 0 Å². The van der Waals surface area contributed by atoms with Crippen molar-refractivity contribution in [1.82, 2.24) is 0 Å². The van der Waals surface area contributed by atoms with E-state index in [1.807, 2.05) is 30.3 Å². The van der Waals surface area contributed by atoms with Crippen LogP contribution in [-0.2, 0) is 5.60 Å². The quantitative estimate of drug-likeness (QED) is 0.855. The first-order valence-electron chi connectivity index (χ1n) is 5.85. The van der Waals surface area contributed by atoms with Crippen LogP contribution in [0, 0.1) is 11.6 Å². The van der Waals surface area contributed by atoms with Crippen LogP contribution in [0.5, 0.6) is 0 Å². The molecule has 0 bridgehead atoms. The van der Waals surface area contributed by atoms with E-state index < -0.39 is 17.2 Å². The lowest BCUT2D eigenvalue weighted by Crippen LogP contribution is -2.24. The Labute approximate surface area is 115 Å². The molecule has 1 unspecified atom stereocenters. The van der Waals surface area contributed by atoms with E-state index >= 15 is 0 Å². The lowest BCUT2D eigenvalue weighted by molar-refractivity contribution is 0.0839. The summed E-state index contributed by atoms with van der Waals surface area (Å²) in [7, 11) is 0. The second-order valence-electron chi connectivity index (χ2n) is 4.50. The number of halogens is 2. The summed E-state index contributed by atoms with van der Waals surface area (Å²) < 4.78 is 25.9. The second-order valence-corrected chi connectivity index (χ2v) is 5.55. The van der Waals surface area contributed by atoms with Crippen LogP contribution in [0.25, 0.3) is 0 Å². The van der Waals surface area contributed by atoms with Crippen LogP contribution < -0.4 is 0 Å². The number of hydrogen-bond acceptors (Lipinski definition) is 2. The van der Waals surface area contributed by atoms with Crippen molar-refractivity contribution in [2.75, 3.05) is 5.75 Å². The first kappa shape index (κ1) is 14.0. The van der Waals surface area contributed by atoms with Gasteiger partial charge in [-0.05, 0) is 30.7 Å². The van der Waals surface area contributed by atoms with Gasteiger partial charge in [0.1, 0.15) is 0 Å². The Morgan fingerprint density at radius 2 is 1.74 bits per heavy atom. The third-order valence-corrected chi connectivity index (χ3v) is 4.10. The first-order valence-corrected chi connectivity index (χ1v) is 6.83. The fourth-order valence-corrected chi connectivity index (χ4v) is 2.64. The van der Waals surface area contributed by atoms with Crippen LogP contribution in [0.3, 0.4) is 0 Å². The third-order valence-electron chi connectivity index (χ3n) is 2.81. The summed E-state index contributed by atoms with van der Waals surface area (Å²) >= 11 is 1.29. The smallest absolute Gasteiger partial charge is 0.159 e. The van der Waals surface area contributed by atoms with E-state index in [9.17, 15) is 13.9 Å². The molecule has 0 spiro atoms. The lowest BCUT2D eigenvalue weighted by Gasteiger charge is -2.23. The summed E-state index contributed by atoms with van der Waals surface area (Å²) in [6, 6.07) is 13.0. The zero-order chi connectivity index (χ0) is 13.9. The molecule has 4 heteroatoms. The number of thioether (sulfide) groups is 1. The van der Waals surface area contributed by atoms with Gasteiger partial charge in [0.2, 0.25) is 0 Å². The Morgan fingerprint density at radius 1 is 1.05 bits per heavy atom. The van der Waals surface area contributed by atoms with Crippen molar-refractivity contribution in [3.63, 3.8) is 0 Å². The van der Waals surface area contributed by atoms with Gasteiger partial charge in [-0.25, -0.2) is 8.78 Å². The van der Waals surface area contributed by atoms with Gasteiger partial charge in [-0.3, -0.25) is 0 Å². The molecular weight excluding hydrogens is 266 g/mol. The molecule has 0 aliphatic rings. The minimum absolute atomic E-state index is 0.363. The van der Waals surface area contributed by atoms with Crippen LogP contribution in [0.15, 0.2) is 53.4 Å². The molecule has 0 fully saturated rings. The largest absolute Gasteiger partial charge is 0.385 e. The van der Waals surface area contributed by atoms with Gasteiger partial charge in [0, 0.05) is 10.6 Å². The summed E-state index contributed by atoms with van der Waals surface area (Å²) in [4.78, 5) is 0.593. The molecule has 0 aromatic heterocycles. The maximum atomic E-state index is 13.1. The van der Waals surface area contributed by atoms with E-state index in [1.54, 1.807) is 6.92 Å². The average molecular weight is 280 g/mol. The molecule has 2 aromatic carbocycles. The Hall–Kier alpha value is -1.39. The van der Waals surface area contributed by atoms with Crippen molar-refractivity contribution in [2.24, 2.45) is 0 Å². The van der Waals surface area contributed by atoms with Gasteiger partial charge >= 0.3 is 0 Å². The molecule has 0 amide bonds. The molecule has 19 heavy (non-hydrogen) atoms. The van der Waals surface area contributed by atoms with Crippen molar-refractivity contribution in [1.29, 1.82) is 0 Å². The maximum absolute atomic E-state index is 13.1. The van der Waals surface area contributed by atoms with Gasteiger partial charge < -0.3 is 5.11 Å². The predicted octanol–water partition coefficient (Wildman–Crippen LogP) is 3.96. The molecule has 0 saturated carbocycles. The van der Waals surface area contributed by atoms with Crippen LogP contribution in [0.4, 0.5) is 8.78 Å². The Bertz CT molecular complexity index is 555. The monoisotopic (exact) mass is 280 g/mol. The van der Waals surface area contributed by atoms with Gasteiger partial charge in [-0.2, -0.15) is 0 Å². The molecule has 2 rings (SSSR count). The molecule has 0 aliphatic carbocycles. The standard InChI is InChI=1S/C15H14F2OS/c1-15(18,11-5-3-2-4-6-11)10-19-12-7-8-13(16)14(17)9-12/h2-9,18H,10H2,1H3. The van der Waals surface area contributed by atoms with Crippen molar-refractivity contribution in [3.8, 4) is 0 Å². The van der Waals surface area contributed by atoms with Crippen molar-refractivity contribution in [3.05, 3.63) is 65.7 Å². The fraction of sp³-hybridized carbons (Fsp3) is 0.200. The Balaban J connectivity index is 2.07. The number of aliphatic hydroxyl groups is 1. The van der Waals surface area contributed by atoms with E-state index in [0.29, 0.717) is 10.6 Å². The molecule has 1 N–H and O–H groups in total. The van der Waals surface area contributed by atoms with Crippen LogP contribution >= 0.6 is 11.8 Å². The van der Waals surface area contributed by atoms with Crippen LogP contribution in [-0.4, -0.2) is 10.9 Å². The van der Waals surface area contributed by atoms with Gasteiger partial charge in [0.05, 0.1) is 5.60 Å². The highest BCUT2D eigenvalue weighted by molar-refractivity contribution is 7.99. The van der Waals surface area contributed by atoms with Crippen molar-refractivity contribution >= 4 is 11.8 Å². The highest BCUT2D eigenvalue weighted by atomic mass is 32.2. The number of rotatable bonds is 4. The predicted molar refractivity (Wildman–Crippen MR) is 73.1 cm³/mol. The molecule has 0 heterocycles. The van der Waals surface area contributed by atoms with E-state index in [0.717, 1.165) is 17.7 Å². The molecule has 1 nitrogen and oxygen atoms in total. The Kier molecular flexibility index (Phi) is 4.22. The summed E-state index contributed by atoms with van der Waals surface area (Å²) in [5.41, 5.74) is -0.221. The van der Waals surface area contributed by atoms with Crippen LogP contribution in [0.1, 0.15) is 12.5 Å². The molecule has 0 saturated heterocycles. The normalized spacial score (nSPS) is 14.1. The highest BCUT2D eigenvalue weighted by Crippen LogP contribution is 2.29. The van der Waals surface area contributed by atoms with Crippen LogP contribution in [0.2, 0.25) is 0 Å². The van der Waals surface area contributed by atoms with E-state index in [1.165, 1.54) is 17.8 Å². The number of hydrogen-bond donors (Lipinski definition) is 1. The summed E-state index contributed by atoms with van der Waals surface area (Å²) in [5, 5.41) is 10.4. The van der Waals surface area contributed by atoms with Gasteiger partial charge in [0.25, 0.3) is 0 Å². The van der Waals surface area contributed by atoms with Gasteiger partial charge in [-0.1, -0.05) is 30.3 Å². The summed E-state index contributed by atoms with van der Waals surface area (Å²) in [6.07, 6.45) is 0.